The van der Waals surface area contributed by atoms with E-state index in [0.29, 0.717) is 22.0 Å². The number of hydrogen-bond donors (Lipinski definition) is 2. The van der Waals surface area contributed by atoms with Crippen LogP contribution in [0.2, 0.25) is 10.0 Å². The molecule has 0 saturated carbocycles. The molecule has 0 aliphatic rings. The summed E-state index contributed by atoms with van der Waals surface area (Å²) in [6.07, 6.45) is 3.57. The van der Waals surface area contributed by atoms with Crippen molar-refractivity contribution in [1.29, 1.82) is 0 Å². The van der Waals surface area contributed by atoms with Gasteiger partial charge in [0.2, 0.25) is 0 Å². The molecule has 0 radical (unpaired) electrons. The second-order valence-electron chi connectivity index (χ2n) is 4.03. The molecule has 2 rings (SSSR count). The lowest BCUT2D eigenvalue weighted by atomic mass is 9.99. The summed E-state index contributed by atoms with van der Waals surface area (Å²) in [5.74, 6) is 5.10. The maximum atomic E-state index is 13.9. The van der Waals surface area contributed by atoms with Crippen LogP contribution in [0.3, 0.4) is 0 Å². The second kappa shape index (κ2) is 6.30. The summed E-state index contributed by atoms with van der Waals surface area (Å²) >= 11 is 12.1. The molecule has 0 spiro atoms. The van der Waals surface area contributed by atoms with E-state index in [-0.39, 0.29) is 0 Å². The number of hydrogen-bond acceptors (Lipinski definition) is 3. The quantitative estimate of drug-likeness (QED) is 0.673. The van der Waals surface area contributed by atoms with Gasteiger partial charge in [-0.1, -0.05) is 29.3 Å². The Bertz CT molecular complexity index is 557. The zero-order chi connectivity index (χ0) is 13.8. The molecule has 1 aromatic heterocycles. The van der Waals surface area contributed by atoms with Gasteiger partial charge in [-0.15, -0.1) is 0 Å². The third kappa shape index (κ3) is 3.22. The van der Waals surface area contributed by atoms with E-state index in [1.165, 1.54) is 12.3 Å². The van der Waals surface area contributed by atoms with Crippen molar-refractivity contribution in [3.63, 3.8) is 0 Å². The molecule has 1 atom stereocenters. The first-order valence-electron chi connectivity index (χ1n) is 5.62. The highest BCUT2D eigenvalue weighted by molar-refractivity contribution is 6.31. The minimum Gasteiger partial charge on any atom is -0.271 e. The molecule has 3 N–H and O–H groups in total. The molecule has 3 nitrogen and oxygen atoms in total. The number of nitrogens with two attached hydrogens (primary N) is 1. The second-order valence-corrected chi connectivity index (χ2v) is 4.84. The van der Waals surface area contributed by atoms with Gasteiger partial charge >= 0.3 is 0 Å². The molecule has 0 fully saturated rings. The Morgan fingerprint density at radius 3 is 2.68 bits per heavy atom. The number of hydrazine groups is 1. The topological polar surface area (TPSA) is 50.9 Å². The summed E-state index contributed by atoms with van der Waals surface area (Å²) in [5.41, 5.74) is 3.72. The molecule has 100 valence electrons. The van der Waals surface area contributed by atoms with Crippen LogP contribution in [-0.4, -0.2) is 4.98 Å². The Hall–Kier alpha value is -1.20. The van der Waals surface area contributed by atoms with E-state index in [4.69, 9.17) is 29.0 Å². The largest absolute Gasteiger partial charge is 0.271 e. The van der Waals surface area contributed by atoms with Crippen molar-refractivity contribution in [1.82, 2.24) is 10.4 Å². The van der Waals surface area contributed by atoms with Crippen molar-refractivity contribution in [3.8, 4) is 0 Å². The van der Waals surface area contributed by atoms with Gasteiger partial charge in [-0.05, 0) is 30.2 Å². The van der Waals surface area contributed by atoms with Gasteiger partial charge in [0, 0.05) is 23.0 Å². The van der Waals surface area contributed by atoms with E-state index in [1.54, 1.807) is 24.4 Å². The molecule has 0 aliphatic carbocycles. The number of rotatable bonds is 4. The van der Waals surface area contributed by atoms with Crippen molar-refractivity contribution in [2.45, 2.75) is 12.5 Å². The number of nitrogens with zero attached hydrogens (tertiary/aromatic N) is 1. The summed E-state index contributed by atoms with van der Waals surface area (Å²) < 4.78 is 13.9. The smallest absolute Gasteiger partial charge is 0.129 e. The van der Waals surface area contributed by atoms with Gasteiger partial charge in [-0.3, -0.25) is 16.3 Å². The van der Waals surface area contributed by atoms with Gasteiger partial charge in [-0.25, -0.2) is 4.39 Å². The number of nitrogens with one attached hydrogen (secondary N) is 1. The summed E-state index contributed by atoms with van der Waals surface area (Å²) in [5, 5.41) is 0.836. The number of pyridine rings is 1. The molecule has 19 heavy (non-hydrogen) atoms. The van der Waals surface area contributed by atoms with E-state index in [9.17, 15) is 4.39 Å². The fraction of sp³-hybridized carbons (Fsp3) is 0.154. The van der Waals surface area contributed by atoms with Gasteiger partial charge in [-0.2, -0.15) is 0 Å². The molecular weight excluding hydrogens is 288 g/mol. The van der Waals surface area contributed by atoms with Crippen molar-refractivity contribution in [3.05, 3.63) is 63.6 Å². The maximum Gasteiger partial charge on any atom is 0.129 e. The van der Waals surface area contributed by atoms with E-state index in [2.05, 4.69) is 10.4 Å². The molecule has 2 aromatic rings. The van der Waals surface area contributed by atoms with Crippen LogP contribution in [0.4, 0.5) is 4.39 Å². The summed E-state index contributed by atoms with van der Waals surface area (Å²) in [4.78, 5) is 3.90. The van der Waals surface area contributed by atoms with E-state index >= 15 is 0 Å². The van der Waals surface area contributed by atoms with Gasteiger partial charge in [0.25, 0.3) is 0 Å². The van der Waals surface area contributed by atoms with Crippen LogP contribution in [0.15, 0.2) is 36.7 Å². The van der Waals surface area contributed by atoms with Crippen LogP contribution in [0.5, 0.6) is 0 Å². The Morgan fingerprint density at radius 1 is 1.26 bits per heavy atom. The molecule has 0 amide bonds. The van der Waals surface area contributed by atoms with Crippen molar-refractivity contribution >= 4 is 23.2 Å². The molecule has 1 aromatic carbocycles. The predicted octanol–water partition coefficient (Wildman–Crippen LogP) is 3.27. The highest BCUT2D eigenvalue weighted by Gasteiger charge is 2.19. The maximum absolute atomic E-state index is 13.9. The summed E-state index contributed by atoms with van der Waals surface area (Å²) in [7, 11) is 0. The monoisotopic (exact) mass is 299 g/mol. The SMILES string of the molecule is NNC(Cc1ccncc1Cl)c1c(F)cccc1Cl. The fourth-order valence-electron chi connectivity index (χ4n) is 1.88. The van der Waals surface area contributed by atoms with Crippen molar-refractivity contribution in [2.24, 2.45) is 5.84 Å². The molecular formula is C13H12Cl2FN3. The Morgan fingerprint density at radius 2 is 2.05 bits per heavy atom. The molecule has 0 saturated heterocycles. The summed E-state index contributed by atoms with van der Waals surface area (Å²) in [6, 6.07) is 5.82. The summed E-state index contributed by atoms with van der Waals surface area (Å²) in [6.45, 7) is 0. The van der Waals surface area contributed by atoms with Crippen molar-refractivity contribution < 1.29 is 4.39 Å². The third-order valence-electron chi connectivity index (χ3n) is 2.83. The van der Waals surface area contributed by atoms with Gasteiger partial charge in [0.1, 0.15) is 5.82 Å². The van der Waals surface area contributed by atoms with Crippen LogP contribution in [0.1, 0.15) is 17.2 Å². The molecule has 1 heterocycles. The zero-order valence-electron chi connectivity index (χ0n) is 9.91. The van der Waals surface area contributed by atoms with Crippen LogP contribution in [0.25, 0.3) is 0 Å². The molecule has 0 aliphatic heterocycles. The van der Waals surface area contributed by atoms with E-state index < -0.39 is 11.9 Å². The third-order valence-corrected chi connectivity index (χ3v) is 3.50. The highest BCUT2D eigenvalue weighted by Crippen LogP contribution is 2.29. The number of benzene rings is 1. The van der Waals surface area contributed by atoms with Crippen LogP contribution in [-0.2, 0) is 6.42 Å². The minimum absolute atomic E-state index is 0.327. The van der Waals surface area contributed by atoms with Gasteiger partial charge < -0.3 is 0 Å². The first-order valence-corrected chi connectivity index (χ1v) is 6.37. The van der Waals surface area contributed by atoms with Crippen LogP contribution >= 0.6 is 23.2 Å². The van der Waals surface area contributed by atoms with Gasteiger partial charge in [0.15, 0.2) is 0 Å². The lowest BCUT2D eigenvalue weighted by Crippen LogP contribution is -2.30. The van der Waals surface area contributed by atoms with Crippen LogP contribution in [0, 0.1) is 5.82 Å². The lowest BCUT2D eigenvalue weighted by Gasteiger charge is -2.19. The van der Waals surface area contributed by atoms with Crippen molar-refractivity contribution in [2.75, 3.05) is 0 Å². The Kier molecular flexibility index (Phi) is 4.71. The zero-order valence-corrected chi connectivity index (χ0v) is 11.4. The highest BCUT2D eigenvalue weighted by atomic mass is 35.5. The fourth-order valence-corrected chi connectivity index (χ4v) is 2.37. The molecule has 6 heteroatoms. The molecule has 0 bridgehead atoms. The lowest BCUT2D eigenvalue weighted by molar-refractivity contribution is 0.511. The van der Waals surface area contributed by atoms with E-state index in [1.807, 2.05) is 0 Å². The first kappa shape index (κ1) is 14.2. The number of aromatic nitrogens is 1. The Balaban J connectivity index is 2.34. The van der Waals surface area contributed by atoms with E-state index in [0.717, 1.165) is 5.56 Å². The standard InChI is InChI=1S/C13H12Cl2FN3/c14-9-2-1-3-11(16)13(9)12(19-17)6-8-4-5-18-7-10(8)15/h1-5,7,12,19H,6,17H2. The minimum atomic E-state index is -0.464. The average molecular weight is 300 g/mol. The number of halogens is 3. The first-order chi connectivity index (χ1) is 9.13. The van der Waals surface area contributed by atoms with Crippen LogP contribution < -0.4 is 11.3 Å². The predicted molar refractivity (Wildman–Crippen MR) is 74.4 cm³/mol. The Labute approximate surface area is 120 Å². The normalized spacial score (nSPS) is 12.4. The molecule has 1 unspecified atom stereocenters. The average Bonchev–Trinajstić information content (AvgIpc) is 2.39. The van der Waals surface area contributed by atoms with Gasteiger partial charge in [0.05, 0.1) is 11.1 Å².